The van der Waals surface area contributed by atoms with Crippen molar-refractivity contribution < 1.29 is 19.7 Å². The Labute approximate surface area is 100 Å². The van der Waals surface area contributed by atoms with Crippen molar-refractivity contribution in [3.8, 4) is 11.5 Å². The Hall–Kier alpha value is -1.75. The summed E-state index contributed by atoms with van der Waals surface area (Å²) in [7, 11) is 1.43. The first-order valence-electron chi connectivity index (χ1n) is 5.20. The highest BCUT2D eigenvalue weighted by Gasteiger charge is 2.20. The van der Waals surface area contributed by atoms with E-state index in [1.807, 2.05) is 0 Å². The molecule has 0 aliphatic heterocycles. The van der Waals surface area contributed by atoms with Gasteiger partial charge in [0.1, 0.15) is 0 Å². The Morgan fingerprint density at radius 2 is 2.12 bits per heavy atom. The molecule has 1 aromatic rings. The van der Waals surface area contributed by atoms with Gasteiger partial charge in [0.15, 0.2) is 11.5 Å². The van der Waals surface area contributed by atoms with Gasteiger partial charge in [-0.25, -0.2) is 0 Å². The molecule has 3 N–H and O–H groups in total. The Balaban J connectivity index is 2.87. The lowest BCUT2D eigenvalue weighted by molar-refractivity contribution is 0.0869. The van der Waals surface area contributed by atoms with E-state index < -0.39 is 5.54 Å². The lowest BCUT2D eigenvalue weighted by Gasteiger charge is -2.23. The van der Waals surface area contributed by atoms with Gasteiger partial charge in [-0.1, -0.05) is 0 Å². The minimum Gasteiger partial charge on any atom is -0.504 e. The number of methoxy groups -OCH3 is 1. The molecule has 0 fully saturated rings. The fourth-order valence-electron chi connectivity index (χ4n) is 1.25. The SMILES string of the molecule is COc1ccc(C(=O)NC(C)(C)CO)cc1O. The van der Waals surface area contributed by atoms with E-state index in [2.05, 4.69) is 5.32 Å². The fourth-order valence-corrected chi connectivity index (χ4v) is 1.25. The van der Waals surface area contributed by atoms with Crippen molar-refractivity contribution in [2.24, 2.45) is 0 Å². The van der Waals surface area contributed by atoms with Crippen LogP contribution in [0.2, 0.25) is 0 Å². The van der Waals surface area contributed by atoms with Crippen LogP contribution in [0.5, 0.6) is 11.5 Å². The van der Waals surface area contributed by atoms with Gasteiger partial charge in [-0.05, 0) is 32.0 Å². The highest BCUT2D eigenvalue weighted by Crippen LogP contribution is 2.26. The summed E-state index contributed by atoms with van der Waals surface area (Å²) < 4.78 is 4.88. The monoisotopic (exact) mass is 239 g/mol. The van der Waals surface area contributed by atoms with Gasteiger partial charge in [0.2, 0.25) is 0 Å². The van der Waals surface area contributed by atoms with E-state index in [0.717, 1.165) is 0 Å². The molecular formula is C12H17NO4. The summed E-state index contributed by atoms with van der Waals surface area (Å²) in [5.41, 5.74) is -0.392. The molecule has 0 aromatic heterocycles. The molecule has 5 nitrogen and oxygen atoms in total. The summed E-state index contributed by atoms with van der Waals surface area (Å²) in [4.78, 5) is 11.8. The van der Waals surface area contributed by atoms with Crippen LogP contribution in [0, 0.1) is 0 Å². The number of nitrogens with one attached hydrogen (secondary N) is 1. The largest absolute Gasteiger partial charge is 0.504 e. The molecule has 0 aliphatic carbocycles. The van der Waals surface area contributed by atoms with Crippen LogP contribution in [0.25, 0.3) is 0 Å². The van der Waals surface area contributed by atoms with E-state index in [1.165, 1.54) is 19.2 Å². The number of hydrogen-bond donors (Lipinski definition) is 3. The van der Waals surface area contributed by atoms with Gasteiger partial charge in [-0.15, -0.1) is 0 Å². The van der Waals surface area contributed by atoms with Gasteiger partial charge < -0.3 is 20.3 Å². The summed E-state index contributed by atoms with van der Waals surface area (Å²) >= 11 is 0. The zero-order chi connectivity index (χ0) is 13.1. The molecule has 0 spiro atoms. The quantitative estimate of drug-likeness (QED) is 0.729. The average Bonchev–Trinajstić information content (AvgIpc) is 2.28. The molecule has 0 heterocycles. The van der Waals surface area contributed by atoms with E-state index in [0.29, 0.717) is 11.3 Å². The van der Waals surface area contributed by atoms with Gasteiger partial charge in [0.05, 0.1) is 19.3 Å². The second-order valence-electron chi connectivity index (χ2n) is 4.38. The number of amides is 1. The van der Waals surface area contributed by atoms with Crippen LogP contribution < -0.4 is 10.1 Å². The molecule has 0 atom stereocenters. The smallest absolute Gasteiger partial charge is 0.251 e. The second-order valence-corrected chi connectivity index (χ2v) is 4.38. The number of aliphatic hydroxyl groups excluding tert-OH is 1. The predicted molar refractivity (Wildman–Crippen MR) is 63.3 cm³/mol. The zero-order valence-corrected chi connectivity index (χ0v) is 10.2. The number of rotatable bonds is 4. The molecule has 17 heavy (non-hydrogen) atoms. The van der Waals surface area contributed by atoms with Crippen LogP contribution in [0.3, 0.4) is 0 Å². The molecule has 0 bridgehead atoms. The lowest BCUT2D eigenvalue weighted by Crippen LogP contribution is -2.46. The van der Waals surface area contributed by atoms with Gasteiger partial charge in [0, 0.05) is 5.56 Å². The molecule has 94 valence electrons. The first kappa shape index (κ1) is 13.3. The molecule has 1 rings (SSSR count). The van der Waals surface area contributed by atoms with E-state index in [9.17, 15) is 9.90 Å². The standard InChI is InChI=1S/C12H17NO4/c1-12(2,7-14)13-11(16)8-4-5-10(17-3)9(15)6-8/h4-6,14-15H,7H2,1-3H3,(H,13,16). The topological polar surface area (TPSA) is 78.8 Å². The number of carbonyl (C=O) groups excluding carboxylic acids is 1. The van der Waals surface area contributed by atoms with Gasteiger partial charge >= 0.3 is 0 Å². The Morgan fingerprint density at radius 1 is 1.47 bits per heavy atom. The van der Waals surface area contributed by atoms with Gasteiger partial charge in [-0.3, -0.25) is 4.79 Å². The highest BCUT2D eigenvalue weighted by atomic mass is 16.5. The summed E-state index contributed by atoms with van der Waals surface area (Å²) in [6.07, 6.45) is 0. The van der Waals surface area contributed by atoms with Crippen LogP contribution >= 0.6 is 0 Å². The average molecular weight is 239 g/mol. The molecule has 0 aliphatic rings. The van der Waals surface area contributed by atoms with E-state index in [-0.39, 0.29) is 18.3 Å². The van der Waals surface area contributed by atoms with Crippen LogP contribution in [0.15, 0.2) is 18.2 Å². The molecule has 5 heteroatoms. The van der Waals surface area contributed by atoms with Crippen LogP contribution in [-0.4, -0.2) is 35.4 Å². The normalized spacial score (nSPS) is 11.1. The summed E-state index contributed by atoms with van der Waals surface area (Å²) in [6, 6.07) is 4.37. The first-order valence-corrected chi connectivity index (χ1v) is 5.20. The molecule has 0 unspecified atom stereocenters. The Bertz CT molecular complexity index is 415. The fraction of sp³-hybridized carbons (Fsp3) is 0.417. The number of ether oxygens (including phenoxy) is 1. The van der Waals surface area contributed by atoms with Crippen molar-refractivity contribution in [3.63, 3.8) is 0 Å². The van der Waals surface area contributed by atoms with Crippen molar-refractivity contribution in [3.05, 3.63) is 23.8 Å². The van der Waals surface area contributed by atoms with Gasteiger partial charge in [0.25, 0.3) is 5.91 Å². The number of phenols is 1. The van der Waals surface area contributed by atoms with Crippen molar-refractivity contribution >= 4 is 5.91 Å². The Morgan fingerprint density at radius 3 is 2.59 bits per heavy atom. The third kappa shape index (κ3) is 3.35. The highest BCUT2D eigenvalue weighted by molar-refractivity contribution is 5.95. The minimum absolute atomic E-state index is 0.0954. The third-order valence-corrected chi connectivity index (χ3v) is 2.29. The van der Waals surface area contributed by atoms with E-state index in [1.54, 1.807) is 19.9 Å². The molecule has 0 saturated heterocycles. The number of benzene rings is 1. The van der Waals surface area contributed by atoms with E-state index >= 15 is 0 Å². The number of hydrogen-bond acceptors (Lipinski definition) is 4. The van der Waals surface area contributed by atoms with Crippen LogP contribution in [0.4, 0.5) is 0 Å². The maximum atomic E-state index is 11.8. The number of aromatic hydroxyl groups is 1. The maximum absolute atomic E-state index is 11.8. The van der Waals surface area contributed by atoms with Crippen molar-refractivity contribution in [2.45, 2.75) is 19.4 Å². The van der Waals surface area contributed by atoms with E-state index in [4.69, 9.17) is 9.84 Å². The number of carbonyl (C=O) groups is 1. The molecule has 0 saturated carbocycles. The summed E-state index contributed by atoms with van der Waals surface area (Å²) in [5, 5.41) is 21.2. The summed E-state index contributed by atoms with van der Waals surface area (Å²) in [5.74, 6) is -0.146. The predicted octanol–water partition coefficient (Wildman–Crippen LogP) is 0.901. The second kappa shape index (κ2) is 5.05. The summed E-state index contributed by atoms with van der Waals surface area (Å²) in [6.45, 7) is 3.24. The Kier molecular flexibility index (Phi) is 3.96. The number of aliphatic hydroxyl groups is 1. The molecular weight excluding hydrogens is 222 g/mol. The van der Waals surface area contributed by atoms with Crippen molar-refractivity contribution in [2.75, 3.05) is 13.7 Å². The molecule has 1 amide bonds. The molecule has 1 aromatic carbocycles. The third-order valence-electron chi connectivity index (χ3n) is 2.29. The maximum Gasteiger partial charge on any atom is 0.251 e. The van der Waals surface area contributed by atoms with Gasteiger partial charge in [-0.2, -0.15) is 0 Å². The zero-order valence-electron chi connectivity index (χ0n) is 10.2. The van der Waals surface area contributed by atoms with Crippen molar-refractivity contribution in [1.29, 1.82) is 0 Å². The molecule has 0 radical (unpaired) electrons. The minimum atomic E-state index is -0.702. The van der Waals surface area contributed by atoms with Crippen LogP contribution in [0.1, 0.15) is 24.2 Å². The first-order chi connectivity index (χ1) is 7.89. The van der Waals surface area contributed by atoms with Crippen molar-refractivity contribution in [1.82, 2.24) is 5.32 Å². The number of phenolic OH excluding ortho intramolecular Hbond substituents is 1. The lowest BCUT2D eigenvalue weighted by atomic mass is 10.1. The van der Waals surface area contributed by atoms with Crippen LogP contribution in [-0.2, 0) is 0 Å².